The number of ether oxygens (including phenoxy) is 1. The molecule has 3 rings (SSSR count). The number of pyridine rings is 1. The largest absolute Gasteiger partial charge is 0.425 e. The Kier molecular flexibility index (Phi) is 2.27. The zero-order chi connectivity index (χ0) is 11.0. The van der Waals surface area contributed by atoms with E-state index in [1.165, 1.54) is 6.42 Å². The van der Waals surface area contributed by atoms with E-state index >= 15 is 0 Å². The number of anilines is 1. The van der Waals surface area contributed by atoms with Crippen LogP contribution in [0.1, 0.15) is 19.3 Å². The summed E-state index contributed by atoms with van der Waals surface area (Å²) >= 11 is 0. The lowest BCUT2D eigenvalue weighted by Gasteiger charge is -2.31. The molecule has 0 spiro atoms. The fourth-order valence-electron chi connectivity index (χ4n) is 1.68. The van der Waals surface area contributed by atoms with Crippen LogP contribution in [0, 0.1) is 5.92 Å². The molecule has 0 bridgehead atoms. The van der Waals surface area contributed by atoms with Crippen molar-refractivity contribution in [2.75, 3.05) is 18.0 Å². The van der Waals surface area contributed by atoms with Gasteiger partial charge in [0.1, 0.15) is 11.6 Å². The molecule has 0 unspecified atom stereocenters. The van der Waals surface area contributed by atoms with Gasteiger partial charge in [0.15, 0.2) is 0 Å². The first kappa shape index (κ1) is 9.63. The van der Waals surface area contributed by atoms with Crippen LogP contribution < -0.4 is 9.64 Å². The van der Waals surface area contributed by atoms with Crippen LogP contribution in [0.4, 0.5) is 5.82 Å². The summed E-state index contributed by atoms with van der Waals surface area (Å²) in [4.78, 5) is 17.9. The SMILES string of the molecule is O=C(Oc1ccc(N2CCC2)nc1)C1CC1. The number of carbonyl (C=O) groups is 1. The molecular formula is C12H14N2O2. The summed E-state index contributed by atoms with van der Waals surface area (Å²) in [5.74, 6) is 1.55. The number of hydrogen-bond acceptors (Lipinski definition) is 4. The molecule has 2 fully saturated rings. The predicted octanol–water partition coefficient (Wildman–Crippen LogP) is 1.61. The minimum absolute atomic E-state index is 0.112. The van der Waals surface area contributed by atoms with Crippen molar-refractivity contribution >= 4 is 11.8 Å². The van der Waals surface area contributed by atoms with Crippen LogP contribution >= 0.6 is 0 Å². The highest BCUT2D eigenvalue weighted by atomic mass is 16.5. The van der Waals surface area contributed by atoms with Crippen molar-refractivity contribution in [3.8, 4) is 5.75 Å². The maximum absolute atomic E-state index is 11.4. The molecular weight excluding hydrogens is 204 g/mol. The molecule has 0 atom stereocenters. The van der Waals surface area contributed by atoms with Crippen LogP contribution in [0.5, 0.6) is 5.75 Å². The van der Waals surface area contributed by atoms with Gasteiger partial charge in [-0.05, 0) is 31.4 Å². The molecule has 4 heteroatoms. The van der Waals surface area contributed by atoms with Gasteiger partial charge in [-0.3, -0.25) is 4.79 Å². The molecule has 0 radical (unpaired) electrons. The highest BCUT2D eigenvalue weighted by molar-refractivity contribution is 5.77. The zero-order valence-electron chi connectivity index (χ0n) is 9.06. The van der Waals surface area contributed by atoms with E-state index in [1.807, 2.05) is 12.1 Å². The Bertz CT molecular complexity index is 394. The molecule has 1 aliphatic carbocycles. The molecule has 0 N–H and O–H groups in total. The van der Waals surface area contributed by atoms with Crippen molar-refractivity contribution in [3.63, 3.8) is 0 Å². The molecule has 1 aliphatic heterocycles. The second kappa shape index (κ2) is 3.77. The third kappa shape index (κ3) is 1.87. The monoisotopic (exact) mass is 218 g/mol. The van der Waals surface area contributed by atoms with Crippen LogP contribution in [0.2, 0.25) is 0 Å². The zero-order valence-corrected chi connectivity index (χ0v) is 9.06. The van der Waals surface area contributed by atoms with Crippen molar-refractivity contribution < 1.29 is 9.53 Å². The average molecular weight is 218 g/mol. The van der Waals surface area contributed by atoms with Gasteiger partial charge >= 0.3 is 5.97 Å². The quantitative estimate of drug-likeness (QED) is 0.723. The minimum atomic E-state index is -0.112. The van der Waals surface area contributed by atoms with Crippen molar-refractivity contribution in [1.29, 1.82) is 0 Å². The number of aromatic nitrogens is 1. The lowest BCUT2D eigenvalue weighted by atomic mass is 10.2. The number of nitrogens with zero attached hydrogens (tertiary/aromatic N) is 2. The maximum atomic E-state index is 11.4. The highest BCUT2D eigenvalue weighted by Crippen LogP contribution is 2.31. The third-order valence-electron chi connectivity index (χ3n) is 3.03. The molecule has 0 amide bonds. The van der Waals surface area contributed by atoms with E-state index in [2.05, 4.69) is 9.88 Å². The number of carbonyl (C=O) groups excluding carboxylic acids is 1. The Morgan fingerprint density at radius 3 is 2.69 bits per heavy atom. The summed E-state index contributed by atoms with van der Waals surface area (Å²) in [6.45, 7) is 2.16. The maximum Gasteiger partial charge on any atom is 0.314 e. The van der Waals surface area contributed by atoms with Gasteiger partial charge in [-0.2, -0.15) is 0 Å². The Hall–Kier alpha value is -1.58. The van der Waals surface area contributed by atoms with Gasteiger partial charge in [0.05, 0.1) is 12.1 Å². The van der Waals surface area contributed by atoms with Crippen LogP contribution in [0.25, 0.3) is 0 Å². The number of hydrogen-bond donors (Lipinski definition) is 0. The van der Waals surface area contributed by atoms with E-state index in [1.54, 1.807) is 6.20 Å². The molecule has 2 aliphatic rings. The standard InChI is InChI=1S/C12H14N2O2/c15-12(9-2-3-9)16-10-4-5-11(13-8-10)14-6-1-7-14/h4-5,8-9H,1-3,6-7H2. The Morgan fingerprint density at radius 1 is 1.38 bits per heavy atom. The van der Waals surface area contributed by atoms with E-state index in [9.17, 15) is 4.79 Å². The van der Waals surface area contributed by atoms with Crippen molar-refractivity contribution in [1.82, 2.24) is 4.98 Å². The van der Waals surface area contributed by atoms with Gasteiger partial charge in [0.2, 0.25) is 0 Å². The van der Waals surface area contributed by atoms with Crippen molar-refractivity contribution in [2.24, 2.45) is 5.92 Å². The summed E-state index contributed by atoms with van der Waals surface area (Å²) in [5.41, 5.74) is 0. The Balaban J connectivity index is 1.64. The van der Waals surface area contributed by atoms with Crippen LogP contribution in [-0.4, -0.2) is 24.0 Å². The summed E-state index contributed by atoms with van der Waals surface area (Å²) < 4.78 is 5.20. The Morgan fingerprint density at radius 2 is 2.19 bits per heavy atom. The molecule has 0 aromatic carbocycles. The van der Waals surface area contributed by atoms with Crippen LogP contribution in [0.15, 0.2) is 18.3 Å². The summed E-state index contributed by atoms with van der Waals surface area (Å²) in [5, 5.41) is 0. The molecule has 4 nitrogen and oxygen atoms in total. The Labute approximate surface area is 94.2 Å². The summed E-state index contributed by atoms with van der Waals surface area (Å²) in [7, 11) is 0. The van der Waals surface area contributed by atoms with Gasteiger partial charge in [-0.15, -0.1) is 0 Å². The third-order valence-corrected chi connectivity index (χ3v) is 3.03. The van der Waals surface area contributed by atoms with Gasteiger partial charge < -0.3 is 9.64 Å². The normalized spacial score (nSPS) is 19.1. The lowest BCUT2D eigenvalue weighted by molar-refractivity contribution is -0.135. The first-order valence-electron chi connectivity index (χ1n) is 5.75. The molecule has 16 heavy (non-hydrogen) atoms. The predicted molar refractivity (Wildman–Crippen MR) is 59.4 cm³/mol. The molecule has 1 aromatic heterocycles. The fraction of sp³-hybridized carbons (Fsp3) is 0.500. The summed E-state index contributed by atoms with van der Waals surface area (Å²) in [6.07, 6.45) is 4.81. The van der Waals surface area contributed by atoms with E-state index in [0.717, 1.165) is 31.7 Å². The smallest absolute Gasteiger partial charge is 0.314 e. The van der Waals surface area contributed by atoms with Gasteiger partial charge in [-0.1, -0.05) is 0 Å². The van der Waals surface area contributed by atoms with Crippen molar-refractivity contribution in [2.45, 2.75) is 19.3 Å². The van der Waals surface area contributed by atoms with Gasteiger partial charge in [0.25, 0.3) is 0 Å². The highest BCUT2D eigenvalue weighted by Gasteiger charge is 2.31. The van der Waals surface area contributed by atoms with Crippen molar-refractivity contribution in [3.05, 3.63) is 18.3 Å². The number of esters is 1. The minimum Gasteiger partial charge on any atom is -0.425 e. The van der Waals surface area contributed by atoms with E-state index in [0.29, 0.717) is 5.75 Å². The van der Waals surface area contributed by atoms with E-state index in [4.69, 9.17) is 4.74 Å². The lowest BCUT2D eigenvalue weighted by Crippen LogP contribution is -2.37. The van der Waals surface area contributed by atoms with E-state index < -0.39 is 0 Å². The first-order valence-corrected chi connectivity index (χ1v) is 5.75. The number of rotatable bonds is 3. The molecule has 1 saturated carbocycles. The average Bonchev–Trinajstić information content (AvgIpc) is 3.01. The summed E-state index contributed by atoms with van der Waals surface area (Å²) in [6, 6.07) is 3.73. The first-order chi connectivity index (χ1) is 7.83. The van der Waals surface area contributed by atoms with Crippen LogP contribution in [-0.2, 0) is 4.79 Å². The van der Waals surface area contributed by atoms with E-state index in [-0.39, 0.29) is 11.9 Å². The topological polar surface area (TPSA) is 42.4 Å². The second-order valence-electron chi connectivity index (χ2n) is 4.39. The van der Waals surface area contributed by atoms with Gasteiger partial charge in [0, 0.05) is 13.1 Å². The van der Waals surface area contributed by atoms with Gasteiger partial charge in [-0.25, -0.2) is 4.98 Å². The molecule has 2 heterocycles. The fourth-order valence-corrected chi connectivity index (χ4v) is 1.68. The molecule has 84 valence electrons. The second-order valence-corrected chi connectivity index (χ2v) is 4.39. The molecule has 1 aromatic rings. The molecule has 1 saturated heterocycles. The van der Waals surface area contributed by atoms with Crippen LogP contribution in [0.3, 0.4) is 0 Å².